The second-order valence-corrected chi connectivity index (χ2v) is 9.09. The lowest BCUT2D eigenvalue weighted by Crippen LogP contribution is -2.64. The van der Waals surface area contributed by atoms with Crippen LogP contribution in [0.1, 0.15) is 41.0 Å². The van der Waals surface area contributed by atoms with Gasteiger partial charge in [-0.05, 0) is 6.42 Å². The highest BCUT2D eigenvalue weighted by Crippen LogP contribution is 2.53. The predicted molar refractivity (Wildman–Crippen MR) is 68.2 cm³/mol. The Morgan fingerprint density at radius 3 is 1.83 bits per heavy atom. The maximum Gasteiger partial charge on any atom is 0.478 e. The first-order valence-electron chi connectivity index (χ1n) is 6.26. The molecule has 0 saturated carbocycles. The molecule has 0 aromatic heterocycles. The molecule has 1 rings (SSSR count). The molecule has 1 heterocycles. The zero-order chi connectivity index (χ0) is 14.0. The first-order chi connectivity index (χ1) is 8.29. The fourth-order valence-corrected chi connectivity index (χ4v) is 6.64. The van der Waals surface area contributed by atoms with Gasteiger partial charge < -0.3 is 13.6 Å². The van der Waals surface area contributed by atoms with Gasteiger partial charge in [-0.2, -0.15) is 0 Å². The van der Waals surface area contributed by atoms with Gasteiger partial charge in [-0.25, -0.2) is 0 Å². The first kappa shape index (κ1) is 15.2. The van der Waals surface area contributed by atoms with Crippen LogP contribution in [-0.2, 0) is 23.2 Å². The highest BCUT2D eigenvalue weighted by atomic mass is 28.4. The Morgan fingerprint density at radius 1 is 1.22 bits per heavy atom. The van der Waals surface area contributed by atoms with Gasteiger partial charge in [-0.15, -0.1) is 0 Å². The minimum Gasteiger partial charge on any atom is -0.484 e. The molecule has 0 spiro atoms. The van der Waals surface area contributed by atoms with Crippen LogP contribution >= 0.6 is 0 Å². The largest absolute Gasteiger partial charge is 0.484 e. The topological polar surface area (TPSA) is 61.8 Å². The quantitative estimate of drug-likeness (QED) is 0.719. The normalized spacial score (nSPS) is 18.1. The van der Waals surface area contributed by atoms with Gasteiger partial charge in [0.15, 0.2) is 0 Å². The van der Waals surface area contributed by atoms with E-state index in [1.165, 1.54) is 13.8 Å². The maximum absolute atomic E-state index is 11.4. The van der Waals surface area contributed by atoms with Crippen LogP contribution in [0.25, 0.3) is 0 Å². The Bertz CT molecular complexity index is 314. The summed E-state index contributed by atoms with van der Waals surface area (Å²) in [5, 5.41) is -0.307. The molecule has 1 saturated heterocycles. The van der Waals surface area contributed by atoms with Crippen LogP contribution in [0.3, 0.4) is 0 Å². The minimum atomic E-state index is -2.99. The SMILES string of the molecule is CCC1([Si](OC(C)=O)(OC(C)=O)C(C)C)COC1. The molecule has 1 fully saturated rings. The van der Waals surface area contributed by atoms with E-state index in [1.54, 1.807) is 0 Å². The van der Waals surface area contributed by atoms with Crippen molar-refractivity contribution in [3.05, 3.63) is 0 Å². The highest BCUT2D eigenvalue weighted by molar-refractivity contribution is 6.75. The van der Waals surface area contributed by atoms with E-state index in [1.807, 2.05) is 20.8 Å². The molecule has 18 heavy (non-hydrogen) atoms. The Labute approximate surface area is 109 Å². The van der Waals surface area contributed by atoms with E-state index in [0.717, 1.165) is 6.42 Å². The molecule has 0 bridgehead atoms. The van der Waals surface area contributed by atoms with Crippen molar-refractivity contribution in [1.29, 1.82) is 0 Å². The Morgan fingerprint density at radius 2 is 1.67 bits per heavy atom. The second kappa shape index (κ2) is 5.40. The van der Waals surface area contributed by atoms with E-state index in [0.29, 0.717) is 13.2 Å². The van der Waals surface area contributed by atoms with E-state index in [9.17, 15) is 9.59 Å². The number of hydrogen-bond acceptors (Lipinski definition) is 5. The Kier molecular flexibility index (Phi) is 4.55. The molecule has 1 aliphatic heterocycles. The van der Waals surface area contributed by atoms with Crippen molar-refractivity contribution in [2.24, 2.45) is 0 Å². The van der Waals surface area contributed by atoms with Gasteiger partial charge in [0.2, 0.25) is 0 Å². The summed E-state index contributed by atoms with van der Waals surface area (Å²) in [4.78, 5) is 22.9. The lowest BCUT2D eigenvalue weighted by atomic mass is 10.0. The molecular formula is C12H22O5Si. The average molecular weight is 274 g/mol. The monoisotopic (exact) mass is 274 g/mol. The van der Waals surface area contributed by atoms with Crippen molar-refractivity contribution in [3.63, 3.8) is 0 Å². The van der Waals surface area contributed by atoms with E-state index in [2.05, 4.69) is 0 Å². The summed E-state index contributed by atoms with van der Waals surface area (Å²) in [6.07, 6.45) is 0.776. The lowest BCUT2D eigenvalue weighted by Gasteiger charge is -2.51. The lowest BCUT2D eigenvalue weighted by molar-refractivity contribution is -0.143. The highest BCUT2D eigenvalue weighted by Gasteiger charge is 2.67. The smallest absolute Gasteiger partial charge is 0.478 e. The molecule has 0 atom stereocenters. The number of carbonyl (C=O) groups is 2. The summed E-state index contributed by atoms with van der Waals surface area (Å²) in [5.41, 5.74) is -0.00542. The third-order valence-corrected chi connectivity index (χ3v) is 8.35. The molecular weight excluding hydrogens is 252 g/mol. The fraction of sp³-hybridized carbons (Fsp3) is 0.833. The summed E-state index contributed by atoms with van der Waals surface area (Å²) >= 11 is 0. The van der Waals surface area contributed by atoms with Crippen molar-refractivity contribution in [1.82, 2.24) is 0 Å². The summed E-state index contributed by atoms with van der Waals surface area (Å²) in [7, 11) is -2.99. The molecule has 6 heteroatoms. The van der Waals surface area contributed by atoms with E-state index in [-0.39, 0.29) is 10.6 Å². The van der Waals surface area contributed by atoms with E-state index >= 15 is 0 Å². The van der Waals surface area contributed by atoms with Gasteiger partial charge in [-0.1, -0.05) is 20.8 Å². The molecule has 0 radical (unpaired) electrons. The van der Waals surface area contributed by atoms with Crippen LogP contribution in [0.2, 0.25) is 10.6 Å². The number of rotatable bonds is 5. The average Bonchev–Trinajstić information content (AvgIpc) is 2.13. The zero-order valence-electron chi connectivity index (χ0n) is 11.7. The van der Waals surface area contributed by atoms with E-state index in [4.69, 9.17) is 13.6 Å². The van der Waals surface area contributed by atoms with Gasteiger partial charge in [-0.3, -0.25) is 9.59 Å². The predicted octanol–water partition coefficient (Wildman–Crippen LogP) is 2.15. The van der Waals surface area contributed by atoms with E-state index < -0.39 is 20.5 Å². The molecule has 0 amide bonds. The molecule has 104 valence electrons. The van der Waals surface area contributed by atoms with Crippen molar-refractivity contribution < 1.29 is 23.2 Å². The Hall–Kier alpha value is -0.883. The number of ether oxygens (including phenoxy) is 1. The molecule has 0 aromatic carbocycles. The van der Waals surface area contributed by atoms with Crippen LogP contribution < -0.4 is 0 Å². The number of carbonyl (C=O) groups excluding carboxylic acids is 2. The van der Waals surface area contributed by atoms with Gasteiger partial charge in [0.25, 0.3) is 11.9 Å². The van der Waals surface area contributed by atoms with Crippen LogP contribution in [-0.4, -0.2) is 33.7 Å². The zero-order valence-corrected chi connectivity index (χ0v) is 12.7. The van der Waals surface area contributed by atoms with Gasteiger partial charge in [0, 0.05) is 19.4 Å². The summed E-state index contributed by atoms with van der Waals surface area (Å²) < 4.78 is 16.5. The minimum absolute atomic E-state index is 0.00542. The third-order valence-electron chi connectivity index (χ3n) is 3.52. The molecule has 0 N–H and O–H groups in total. The molecule has 0 aliphatic carbocycles. The first-order valence-corrected chi connectivity index (χ1v) is 8.16. The summed E-state index contributed by atoms with van der Waals surface area (Å²) in [5.74, 6) is -0.785. The van der Waals surface area contributed by atoms with Crippen molar-refractivity contribution in [2.45, 2.75) is 51.6 Å². The molecule has 0 aromatic rings. The summed E-state index contributed by atoms with van der Waals surface area (Å²) in [6.45, 7) is 9.59. The molecule has 5 nitrogen and oxygen atoms in total. The van der Waals surface area contributed by atoms with Crippen molar-refractivity contribution in [2.75, 3.05) is 13.2 Å². The third kappa shape index (κ3) is 2.44. The van der Waals surface area contributed by atoms with Gasteiger partial charge in [0.1, 0.15) is 0 Å². The van der Waals surface area contributed by atoms with Gasteiger partial charge >= 0.3 is 8.56 Å². The van der Waals surface area contributed by atoms with Crippen molar-refractivity contribution >= 4 is 20.5 Å². The molecule has 0 unspecified atom stereocenters. The van der Waals surface area contributed by atoms with Crippen LogP contribution in [0, 0.1) is 0 Å². The fourth-order valence-electron chi connectivity index (χ4n) is 2.51. The van der Waals surface area contributed by atoms with Crippen LogP contribution in [0.15, 0.2) is 0 Å². The number of hydrogen-bond donors (Lipinski definition) is 0. The Balaban J connectivity index is 3.18. The summed E-state index contributed by atoms with van der Waals surface area (Å²) in [6, 6.07) is 0. The van der Waals surface area contributed by atoms with Crippen LogP contribution in [0.5, 0.6) is 0 Å². The standard InChI is InChI=1S/C12H22O5Si/c1-6-12(7-15-8-12)18(9(2)3,16-10(4)13)17-11(5)14/h9H,6-8H2,1-5H3. The second-order valence-electron chi connectivity index (χ2n) is 5.14. The van der Waals surface area contributed by atoms with Crippen molar-refractivity contribution in [3.8, 4) is 0 Å². The maximum atomic E-state index is 11.4. The van der Waals surface area contributed by atoms with Gasteiger partial charge in [0.05, 0.1) is 18.3 Å². The van der Waals surface area contributed by atoms with Crippen LogP contribution in [0.4, 0.5) is 0 Å². The molecule has 1 aliphatic rings.